The van der Waals surface area contributed by atoms with Crippen molar-refractivity contribution in [2.24, 2.45) is 7.05 Å². The minimum Gasteiger partial charge on any atom is -0.275 e. The van der Waals surface area contributed by atoms with Crippen LogP contribution in [0.25, 0.3) is 22.4 Å². The van der Waals surface area contributed by atoms with Gasteiger partial charge in [0.1, 0.15) is 0 Å². The molecule has 2 heterocycles. The van der Waals surface area contributed by atoms with Crippen molar-refractivity contribution < 1.29 is 0 Å². The van der Waals surface area contributed by atoms with Gasteiger partial charge in [-0.3, -0.25) is 9.67 Å². The number of aryl methyl sites for hydroxylation is 2. The molecular weight excluding hydrogens is 234 g/mol. The summed E-state index contributed by atoms with van der Waals surface area (Å²) in [6.07, 6.45) is 5.68. The van der Waals surface area contributed by atoms with Gasteiger partial charge < -0.3 is 0 Å². The standard InChI is InChI=1S/C16H15N3/c1-12-11-17-8-6-15(12)13-4-3-5-14(10-13)16-7-9-19(2)18-16/h3-11H,1-2H3. The molecule has 0 radical (unpaired) electrons. The van der Waals surface area contributed by atoms with Gasteiger partial charge in [0.25, 0.3) is 0 Å². The number of rotatable bonds is 2. The van der Waals surface area contributed by atoms with Crippen LogP contribution in [0.2, 0.25) is 0 Å². The molecule has 94 valence electrons. The second-order valence-electron chi connectivity index (χ2n) is 4.65. The lowest BCUT2D eigenvalue weighted by atomic mass is 10.00. The Hall–Kier alpha value is -2.42. The maximum atomic E-state index is 4.44. The smallest absolute Gasteiger partial charge is 0.0923 e. The van der Waals surface area contributed by atoms with E-state index in [9.17, 15) is 0 Å². The molecule has 3 nitrogen and oxygen atoms in total. The third-order valence-electron chi connectivity index (χ3n) is 3.20. The topological polar surface area (TPSA) is 30.7 Å². The number of hydrogen-bond acceptors (Lipinski definition) is 2. The summed E-state index contributed by atoms with van der Waals surface area (Å²) in [7, 11) is 1.93. The molecule has 0 N–H and O–H groups in total. The van der Waals surface area contributed by atoms with Gasteiger partial charge in [-0.15, -0.1) is 0 Å². The molecule has 0 atom stereocenters. The molecule has 3 aromatic rings. The van der Waals surface area contributed by atoms with Crippen molar-refractivity contribution >= 4 is 0 Å². The average Bonchev–Trinajstić information content (AvgIpc) is 2.86. The molecule has 1 aromatic carbocycles. The van der Waals surface area contributed by atoms with E-state index in [2.05, 4.69) is 41.3 Å². The maximum absolute atomic E-state index is 4.44. The van der Waals surface area contributed by atoms with E-state index in [1.165, 1.54) is 16.7 Å². The lowest BCUT2D eigenvalue weighted by Gasteiger charge is -2.06. The van der Waals surface area contributed by atoms with Crippen molar-refractivity contribution in [1.82, 2.24) is 14.8 Å². The Bertz CT molecular complexity index is 713. The molecule has 0 aliphatic rings. The van der Waals surface area contributed by atoms with Crippen LogP contribution in [0.15, 0.2) is 55.0 Å². The summed E-state index contributed by atoms with van der Waals surface area (Å²) in [5, 5.41) is 4.44. The van der Waals surface area contributed by atoms with E-state index in [0.29, 0.717) is 0 Å². The van der Waals surface area contributed by atoms with Crippen molar-refractivity contribution in [3.8, 4) is 22.4 Å². The van der Waals surface area contributed by atoms with Gasteiger partial charge in [-0.05, 0) is 41.8 Å². The van der Waals surface area contributed by atoms with Crippen molar-refractivity contribution in [2.45, 2.75) is 6.92 Å². The van der Waals surface area contributed by atoms with Crippen LogP contribution in [-0.2, 0) is 7.05 Å². The van der Waals surface area contributed by atoms with E-state index in [0.717, 1.165) is 11.3 Å². The first-order valence-corrected chi connectivity index (χ1v) is 6.25. The fourth-order valence-corrected chi connectivity index (χ4v) is 2.21. The molecule has 2 aromatic heterocycles. The summed E-state index contributed by atoms with van der Waals surface area (Å²) >= 11 is 0. The molecule has 0 saturated heterocycles. The predicted molar refractivity (Wildman–Crippen MR) is 76.6 cm³/mol. The van der Waals surface area contributed by atoms with E-state index in [4.69, 9.17) is 0 Å². The second-order valence-corrected chi connectivity index (χ2v) is 4.65. The quantitative estimate of drug-likeness (QED) is 0.696. The Kier molecular flexibility index (Phi) is 2.88. The Morgan fingerprint density at radius 3 is 2.63 bits per heavy atom. The molecule has 0 spiro atoms. The third kappa shape index (κ3) is 2.27. The van der Waals surface area contributed by atoms with Crippen LogP contribution in [0, 0.1) is 6.92 Å². The number of benzene rings is 1. The van der Waals surface area contributed by atoms with Crippen molar-refractivity contribution in [1.29, 1.82) is 0 Å². The van der Waals surface area contributed by atoms with E-state index < -0.39 is 0 Å². The highest BCUT2D eigenvalue weighted by Gasteiger charge is 2.05. The zero-order valence-corrected chi connectivity index (χ0v) is 11.0. The van der Waals surface area contributed by atoms with Gasteiger partial charge in [-0.1, -0.05) is 18.2 Å². The van der Waals surface area contributed by atoms with E-state index in [1.54, 1.807) is 0 Å². The normalized spacial score (nSPS) is 10.6. The second kappa shape index (κ2) is 4.69. The van der Waals surface area contributed by atoms with E-state index >= 15 is 0 Å². The number of aromatic nitrogens is 3. The Labute approximate surface area is 112 Å². The van der Waals surface area contributed by atoms with Crippen LogP contribution in [0.1, 0.15) is 5.56 Å². The summed E-state index contributed by atoms with van der Waals surface area (Å²) in [6, 6.07) is 12.5. The molecule has 3 heteroatoms. The van der Waals surface area contributed by atoms with Gasteiger partial charge in [0, 0.05) is 31.2 Å². The molecule has 0 aliphatic carbocycles. The fraction of sp³-hybridized carbons (Fsp3) is 0.125. The fourth-order valence-electron chi connectivity index (χ4n) is 2.21. The molecule has 3 rings (SSSR count). The minimum absolute atomic E-state index is 0.996. The van der Waals surface area contributed by atoms with Gasteiger partial charge in [0.2, 0.25) is 0 Å². The molecule has 19 heavy (non-hydrogen) atoms. The molecule has 0 aliphatic heterocycles. The molecule has 0 amide bonds. The van der Waals surface area contributed by atoms with Gasteiger partial charge in [-0.2, -0.15) is 5.10 Å². The lowest BCUT2D eigenvalue weighted by Crippen LogP contribution is -1.89. The molecule has 0 bridgehead atoms. The highest BCUT2D eigenvalue weighted by atomic mass is 15.2. The van der Waals surface area contributed by atoms with Crippen LogP contribution in [0.3, 0.4) is 0 Å². The Morgan fingerprint density at radius 1 is 1.05 bits per heavy atom. The van der Waals surface area contributed by atoms with Gasteiger partial charge in [-0.25, -0.2) is 0 Å². The zero-order chi connectivity index (χ0) is 13.2. The molecule has 0 saturated carbocycles. The van der Waals surface area contributed by atoms with Crippen molar-refractivity contribution in [2.75, 3.05) is 0 Å². The SMILES string of the molecule is Cc1cnccc1-c1cccc(-c2ccn(C)n2)c1. The number of hydrogen-bond donors (Lipinski definition) is 0. The number of nitrogens with zero attached hydrogens (tertiary/aromatic N) is 3. The predicted octanol–water partition coefficient (Wildman–Crippen LogP) is 3.46. The van der Waals surface area contributed by atoms with Crippen LogP contribution in [-0.4, -0.2) is 14.8 Å². The summed E-state index contributed by atoms with van der Waals surface area (Å²) in [5.74, 6) is 0. The van der Waals surface area contributed by atoms with Crippen LogP contribution in [0.5, 0.6) is 0 Å². The Morgan fingerprint density at radius 2 is 1.89 bits per heavy atom. The molecule has 0 unspecified atom stereocenters. The van der Waals surface area contributed by atoms with Crippen LogP contribution >= 0.6 is 0 Å². The maximum Gasteiger partial charge on any atom is 0.0923 e. The van der Waals surface area contributed by atoms with Gasteiger partial charge in [0.05, 0.1) is 5.69 Å². The largest absolute Gasteiger partial charge is 0.275 e. The first-order valence-electron chi connectivity index (χ1n) is 6.25. The van der Waals surface area contributed by atoms with Crippen molar-refractivity contribution in [3.05, 3.63) is 60.6 Å². The summed E-state index contributed by atoms with van der Waals surface area (Å²) < 4.78 is 1.82. The summed E-state index contributed by atoms with van der Waals surface area (Å²) in [5.41, 5.74) is 5.72. The third-order valence-corrected chi connectivity index (χ3v) is 3.20. The minimum atomic E-state index is 0.996. The van der Waals surface area contributed by atoms with Crippen molar-refractivity contribution in [3.63, 3.8) is 0 Å². The summed E-state index contributed by atoms with van der Waals surface area (Å²) in [6.45, 7) is 2.08. The van der Waals surface area contributed by atoms with Gasteiger partial charge in [0.15, 0.2) is 0 Å². The van der Waals surface area contributed by atoms with Crippen LogP contribution < -0.4 is 0 Å². The van der Waals surface area contributed by atoms with E-state index in [1.807, 2.05) is 42.5 Å². The monoisotopic (exact) mass is 249 g/mol. The number of pyridine rings is 1. The van der Waals surface area contributed by atoms with Crippen LogP contribution in [0.4, 0.5) is 0 Å². The first kappa shape index (κ1) is 11.7. The Balaban J connectivity index is 2.08. The molecule has 0 fully saturated rings. The van der Waals surface area contributed by atoms with Gasteiger partial charge >= 0.3 is 0 Å². The average molecular weight is 249 g/mol. The highest BCUT2D eigenvalue weighted by molar-refractivity contribution is 5.72. The zero-order valence-electron chi connectivity index (χ0n) is 11.0. The highest BCUT2D eigenvalue weighted by Crippen LogP contribution is 2.26. The summed E-state index contributed by atoms with van der Waals surface area (Å²) in [4.78, 5) is 4.14. The first-order chi connectivity index (χ1) is 9.24. The van der Waals surface area contributed by atoms with E-state index in [-0.39, 0.29) is 0 Å². The lowest BCUT2D eigenvalue weighted by molar-refractivity contribution is 0.771. The molecular formula is C16H15N3.